The van der Waals surface area contributed by atoms with Crippen LogP contribution in [0.1, 0.15) is 10.4 Å². The second kappa shape index (κ2) is 5.91. The SMILES string of the molecule is N#Cc1cc(N)c(OCc2sccc2Br)c(I)c1. The first-order chi connectivity index (χ1) is 8.61. The van der Waals surface area contributed by atoms with Crippen LogP contribution in [0.4, 0.5) is 5.69 Å². The first-order valence-corrected chi connectivity index (χ1v) is 7.70. The Balaban J connectivity index is 2.20. The van der Waals surface area contributed by atoms with Crippen molar-refractivity contribution in [2.75, 3.05) is 5.73 Å². The number of nitrogens with two attached hydrogens (primary N) is 1. The number of thiophene rings is 1. The van der Waals surface area contributed by atoms with E-state index in [0.717, 1.165) is 12.9 Å². The van der Waals surface area contributed by atoms with Crippen LogP contribution in [-0.2, 0) is 6.61 Å². The number of anilines is 1. The lowest BCUT2D eigenvalue weighted by molar-refractivity contribution is 0.308. The monoisotopic (exact) mass is 434 g/mol. The van der Waals surface area contributed by atoms with Crippen LogP contribution in [0.15, 0.2) is 28.1 Å². The molecule has 3 nitrogen and oxygen atoms in total. The molecule has 18 heavy (non-hydrogen) atoms. The average molecular weight is 435 g/mol. The Morgan fingerprint density at radius 3 is 2.83 bits per heavy atom. The van der Waals surface area contributed by atoms with Gasteiger partial charge in [-0.1, -0.05) is 0 Å². The van der Waals surface area contributed by atoms with Gasteiger partial charge < -0.3 is 10.5 Å². The van der Waals surface area contributed by atoms with E-state index in [-0.39, 0.29) is 0 Å². The average Bonchev–Trinajstić information content (AvgIpc) is 2.73. The van der Waals surface area contributed by atoms with Gasteiger partial charge >= 0.3 is 0 Å². The third kappa shape index (κ3) is 2.96. The highest BCUT2D eigenvalue weighted by atomic mass is 127. The molecular formula is C12H8BrIN2OS. The van der Waals surface area contributed by atoms with Crippen molar-refractivity contribution in [2.24, 2.45) is 0 Å². The molecule has 0 bridgehead atoms. The van der Waals surface area contributed by atoms with E-state index < -0.39 is 0 Å². The summed E-state index contributed by atoms with van der Waals surface area (Å²) in [6.07, 6.45) is 0. The highest BCUT2D eigenvalue weighted by molar-refractivity contribution is 14.1. The van der Waals surface area contributed by atoms with Gasteiger partial charge in [0.05, 0.1) is 25.8 Å². The van der Waals surface area contributed by atoms with E-state index >= 15 is 0 Å². The fourth-order valence-corrected chi connectivity index (χ4v) is 3.58. The van der Waals surface area contributed by atoms with Crippen LogP contribution in [0.25, 0.3) is 0 Å². The fraction of sp³-hybridized carbons (Fsp3) is 0.0833. The van der Waals surface area contributed by atoms with Crippen LogP contribution in [-0.4, -0.2) is 0 Å². The highest BCUT2D eigenvalue weighted by Gasteiger charge is 2.10. The number of nitrogen functional groups attached to an aromatic ring is 1. The predicted octanol–water partition coefficient (Wildman–Crippen LogP) is 4.15. The minimum absolute atomic E-state index is 0.463. The van der Waals surface area contributed by atoms with Crippen molar-refractivity contribution in [3.63, 3.8) is 0 Å². The van der Waals surface area contributed by atoms with E-state index in [0.29, 0.717) is 23.6 Å². The van der Waals surface area contributed by atoms with Crippen molar-refractivity contribution in [2.45, 2.75) is 6.61 Å². The van der Waals surface area contributed by atoms with Crippen molar-refractivity contribution in [1.82, 2.24) is 0 Å². The smallest absolute Gasteiger partial charge is 0.156 e. The molecule has 0 unspecified atom stereocenters. The molecule has 0 spiro atoms. The first kappa shape index (κ1) is 13.6. The second-order valence-electron chi connectivity index (χ2n) is 3.47. The van der Waals surface area contributed by atoms with Gasteiger partial charge in [0.15, 0.2) is 5.75 Å². The Morgan fingerprint density at radius 2 is 2.28 bits per heavy atom. The molecule has 0 fully saturated rings. The summed E-state index contributed by atoms with van der Waals surface area (Å²) >= 11 is 7.20. The third-order valence-corrected chi connectivity index (χ3v) is 4.94. The fourth-order valence-electron chi connectivity index (χ4n) is 1.40. The molecular weight excluding hydrogens is 427 g/mol. The highest BCUT2D eigenvalue weighted by Crippen LogP contribution is 2.31. The summed E-state index contributed by atoms with van der Waals surface area (Å²) in [7, 11) is 0. The van der Waals surface area contributed by atoms with Gasteiger partial charge in [0, 0.05) is 4.47 Å². The molecule has 1 aromatic heterocycles. The number of hydrogen-bond acceptors (Lipinski definition) is 4. The Morgan fingerprint density at radius 1 is 1.50 bits per heavy atom. The molecule has 0 amide bonds. The number of ether oxygens (including phenoxy) is 1. The van der Waals surface area contributed by atoms with E-state index in [1.165, 1.54) is 0 Å². The normalized spacial score (nSPS) is 10.1. The Labute approximate surface area is 131 Å². The molecule has 2 N–H and O–H groups in total. The number of nitrogens with zero attached hydrogens (tertiary/aromatic N) is 1. The number of halogens is 2. The molecule has 0 saturated heterocycles. The van der Waals surface area contributed by atoms with Gasteiger partial charge in [-0.25, -0.2) is 0 Å². The largest absolute Gasteiger partial charge is 0.485 e. The zero-order valence-electron chi connectivity index (χ0n) is 9.11. The van der Waals surface area contributed by atoms with Crippen molar-refractivity contribution in [3.05, 3.63) is 42.1 Å². The van der Waals surface area contributed by atoms with Gasteiger partial charge in [-0.05, 0) is 62.1 Å². The quantitative estimate of drug-likeness (QED) is 0.583. The van der Waals surface area contributed by atoms with E-state index in [4.69, 9.17) is 15.7 Å². The molecule has 1 aromatic carbocycles. The van der Waals surface area contributed by atoms with E-state index in [1.54, 1.807) is 23.5 Å². The number of rotatable bonds is 3. The summed E-state index contributed by atoms with van der Waals surface area (Å²) in [5.74, 6) is 0.634. The molecule has 6 heteroatoms. The van der Waals surface area contributed by atoms with Crippen molar-refractivity contribution >= 4 is 55.5 Å². The summed E-state index contributed by atoms with van der Waals surface area (Å²) in [5, 5.41) is 10.8. The molecule has 2 rings (SSSR count). The summed E-state index contributed by atoms with van der Waals surface area (Å²) < 4.78 is 7.61. The van der Waals surface area contributed by atoms with Crippen LogP contribution in [0, 0.1) is 14.9 Å². The molecule has 0 radical (unpaired) electrons. The summed E-state index contributed by atoms with van der Waals surface area (Å²) in [6.45, 7) is 0.463. The lowest BCUT2D eigenvalue weighted by atomic mass is 10.2. The summed E-state index contributed by atoms with van der Waals surface area (Å²) in [5.41, 5.74) is 6.92. The van der Waals surface area contributed by atoms with Gasteiger partial charge in [0.2, 0.25) is 0 Å². The standard InChI is InChI=1S/C12H8BrIN2OS/c13-8-1-2-18-11(8)6-17-12-9(14)3-7(5-15)4-10(12)16/h1-4H,6,16H2. The molecule has 0 saturated carbocycles. The van der Waals surface area contributed by atoms with Gasteiger partial charge in [0.1, 0.15) is 6.61 Å². The Bertz CT molecular complexity index is 598. The minimum atomic E-state index is 0.463. The van der Waals surface area contributed by atoms with Gasteiger partial charge in [-0.3, -0.25) is 0 Å². The number of benzene rings is 1. The Hall–Kier alpha value is -0.780. The summed E-state index contributed by atoms with van der Waals surface area (Å²) in [4.78, 5) is 1.11. The molecule has 0 aliphatic carbocycles. The topological polar surface area (TPSA) is 59.0 Å². The maximum Gasteiger partial charge on any atom is 0.156 e. The molecule has 0 atom stereocenters. The molecule has 0 aliphatic rings. The molecule has 0 aliphatic heterocycles. The zero-order valence-corrected chi connectivity index (χ0v) is 13.7. The maximum atomic E-state index is 8.84. The van der Waals surface area contributed by atoms with Gasteiger partial charge in [-0.15, -0.1) is 11.3 Å². The molecule has 2 aromatic rings. The van der Waals surface area contributed by atoms with Crippen LogP contribution in [0.2, 0.25) is 0 Å². The minimum Gasteiger partial charge on any atom is -0.485 e. The van der Waals surface area contributed by atoms with E-state index in [9.17, 15) is 0 Å². The molecule has 1 heterocycles. The summed E-state index contributed by atoms with van der Waals surface area (Å²) in [6, 6.07) is 7.44. The van der Waals surface area contributed by atoms with Crippen molar-refractivity contribution in [1.29, 1.82) is 5.26 Å². The maximum absolute atomic E-state index is 8.84. The molecule has 92 valence electrons. The van der Waals surface area contributed by atoms with Gasteiger partial charge in [-0.2, -0.15) is 5.26 Å². The second-order valence-corrected chi connectivity index (χ2v) is 6.49. The van der Waals surface area contributed by atoms with E-state index in [1.807, 2.05) is 11.4 Å². The van der Waals surface area contributed by atoms with Crippen LogP contribution >= 0.6 is 49.9 Å². The first-order valence-electron chi connectivity index (χ1n) is 4.95. The Kier molecular flexibility index (Phi) is 4.48. The van der Waals surface area contributed by atoms with Crippen LogP contribution in [0.3, 0.4) is 0 Å². The zero-order chi connectivity index (χ0) is 13.1. The lowest BCUT2D eigenvalue weighted by Gasteiger charge is -2.10. The lowest BCUT2D eigenvalue weighted by Crippen LogP contribution is -2.00. The predicted molar refractivity (Wildman–Crippen MR) is 84.6 cm³/mol. The van der Waals surface area contributed by atoms with Crippen molar-refractivity contribution < 1.29 is 4.74 Å². The van der Waals surface area contributed by atoms with E-state index in [2.05, 4.69) is 44.6 Å². The number of hydrogen-bond donors (Lipinski definition) is 1. The number of nitriles is 1. The third-order valence-electron chi connectivity index (χ3n) is 2.24. The van der Waals surface area contributed by atoms with Gasteiger partial charge in [0.25, 0.3) is 0 Å². The van der Waals surface area contributed by atoms with Crippen LogP contribution in [0.5, 0.6) is 5.75 Å². The van der Waals surface area contributed by atoms with Crippen molar-refractivity contribution in [3.8, 4) is 11.8 Å². The van der Waals surface area contributed by atoms with Crippen LogP contribution < -0.4 is 10.5 Å².